The second-order valence-electron chi connectivity index (χ2n) is 6.41. The van der Waals surface area contributed by atoms with Crippen LogP contribution in [0, 0.1) is 23.7 Å². The van der Waals surface area contributed by atoms with Crippen molar-refractivity contribution in [2.75, 3.05) is 13.2 Å². The van der Waals surface area contributed by atoms with Crippen LogP contribution in [-0.4, -0.2) is 24.4 Å². The summed E-state index contributed by atoms with van der Waals surface area (Å²) in [6, 6.07) is 0. The zero-order chi connectivity index (χ0) is 12.3. The maximum Gasteiger partial charge on any atom is 0.0568 e. The van der Waals surface area contributed by atoms with Crippen LogP contribution in [-0.2, 0) is 4.74 Å². The van der Waals surface area contributed by atoms with E-state index in [1.165, 1.54) is 32.1 Å². The van der Waals surface area contributed by atoms with Gasteiger partial charge in [0.1, 0.15) is 0 Å². The van der Waals surface area contributed by atoms with Crippen LogP contribution in [0.15, 0.2) is 0 Å². The molecule has 100 valence electrons. The minimum absolute atomic E-state index is 0.0338. The third kappa shape index (κ3) is 3.69. The molecule has 2 unspecified atom stereocenters. The average molecular weight is 240 g/mol. The summed E-state index contributed by atoms with van der Waals surface area (Å²) < 4.78 is 5.43. The first-order valence-corrected chi connectivity index (χ1v) is 7.42. The van der Waals surface area contributed by atoms with Gasteiger partial charge in [-0.05, 0) is 62.2 Å². The van der Waals surface area contributed by atoms with Crippen LogP contribution in [0.5, 0.6) is 0 Å². The first-order valence-electron chi connectivity index (χ1n) is 7.42. The lowest BCUT2D eigenvalue weighted by Crippen LogP contribution is -2.32. The van der Waals surface area contributed by atoms with Gasteiger partial charge in [-0.25, -0.2) is 0 Å². The highest BCUT2D eigenvalue weighted by atomic mass is 16.5. The molecule has 17 heavy (non-hydrogen) atoms. The Bertz CT molecular complexity index is 223. The van der Waals surface area contributed by atoms with Crippen molar-refractivity contribution in [2.24, 2.45) is 23.7 Å². The van der Waals surface area contributed by atoms with Crippen LogP contribution in [0.25, 0.3) is 0 Å². The molecule has 1 saturated heterocycles. The van der Waals surface area contributed by atoms with Crippen molar-refractivity contribution < 1.29 is 9.84 Å². The third-order valence-corrected chi connectivity index (χ3v) is 4.95. The van der Waals surface area contributed by atoms with Crippen molar-refractivity contribution >= 4 is 0 Å². The average Bonchev–Trinajstić information content (AvgIpc) is 2.35. The van der Waals surface area contributed by atoms with E-state index in [4.69, 9.17) is 4.74 Å². The quantitative estimate of drug-likeness (QED) is 0.820. The van der Waals surface area contributed by atoms with E-state index in [0.717, 1.165) is 37.4 Å². The SMILES string of the molecule is CC(CC1C[C@H](C)CC[C@@H]1O)C1CCOCC1. The van der Waals surface area contributed by atoms with Gasteiger partial charge >= 0.3 is 0 Å². The Morgan fingerprint density at radius 2 is 1.88 bits per heavy atom. The summed E-state index contributed by atoms with van der Waals surface area (Å²) in [4.78, 5) is 0. The lowest BCUT2D eigenvalue weighted by Gasteiger charge is -2.36. The van der Waals surface area contributed by atoms with Gasteiger partial charge in [0, 0.05) is 13.2 Å². The van der Waals surface area contributed by atoms with Gasteiger partial charge in [0.05, 0.1) is 6.10 Å². The molecule has 0 aromatic heterocycles. The predicted octanol–water partition coefficient (Wildman–Crippen LogP) is 3.24. The molecule has 1 aliphatic heterocycles. The molecule has 1 aliphatic carbocycles. The van der Waals surface area contributed by atoms with Crippen LogP contribution in [0.1, 0.15) is 52.4 Å². The molecule has 0 amide bonds. The topological polar surface area (TPSA) is 29.5 Å². The predicted molar refractivity (Wildman–Crippen MR) is 69.8 cm³/mol. The lowest BCUT2D eigenvalue weighted by molar-refractivity contribution is 0.0149. The van der Waals surface area contributed by atoms with Gasteiger partial charge in [-0.2, -0.15) is 0 Å². The van der Waals surface area contributed by atoms with Crippen molar-refractivity contribution in [1.29, 1.82) is 0 Å². The van der Waals surface area contributed by atoms with E-state index in [1.807, 2.05) is 0 Å². The van der Waals surface area contributed by atoms with Gasteiger partial charge in [0.15, 0.2) is 0 Å². The van der Waals surface area contributed by atoms with Gasteiger partial charge in [0.2, 0.25) is 0 Å². The van der Waals surface area contributed by atoms with E-state index in [0.29, 0.717) is 5.92 Å². The third-order valence-electron chi connectivity index (χ3n) is 4.95. The molecule has 0 radical (unpaired) electrons. The molecular weight excluding hydrogens is 212 g/mol. The number of aliphatic hydroxyl groups is 1. The minimum atomic E-state index is -0.0338. The molecule has 2 rings (SSSR count). The van der Waals surface area contributed by atoms with Crippen LogP contribution in [0.4, 0.5) is 0 Å². The van der Waals surface area contributed by atoms with Gasteiger partial charge in [0.25, 0.3) is 0 Å². The molecule has 1 N–H and O–H groups in total. The van der Waals surface area contributed by atoms with Gasteiger partial charge in [-0.1, -0.05) is 13.8 Å². The maximum atomic E-state index is 10.1. The molecule has 0 spiro atoms. The molecule has 2 heteroatoms. The number of rotatable bonds is 3. The molecule has 4 atom stereocenters. The second kappa shape index (κ2) is 6.19. The first kappa shape index (κ1) is 13.4. The zero-order valence-electron chi connectivity index (χ0n) is 11.4. The number of aliphatic hydroxyl groups excluding tert-OH is 1. The minimum Gasteiger partial charge on any atom is -0.393 e. The molecular formula is C15H28O2. The maximum absolute atomic E-state index is 10.1. The first-order chi connectivity index (χ1) is 8.16. The van der Waals surface area contributed by atoms with Crippen molar-refractivity contribution in [3.8, 4) is 0 Å². The fraction of sp³-hybridized carbons (Fsp3) is 1.00. The second-order valence-corrected chi connectivity index (χ2v) is 6.41. The van der Waals surface area contributed by atoms with Crippen molar-refractivity contribution in [3.63, 3.8) is 0 Å². The fourth-order valence-electron chi connectivity index (χ4n) is 3.69. The lowest BCUT2D eigenvalue weighted by atomic mass is 9.73. The van der Waals surface area contributed by atoms with E-state index < -0.39 is 0 Å². The van der Waals surface area contributed by atoms with Crippen LogP contribution < -0.4 is 0 Å². The Morgan fingerprint density at radius 1 is 1.18 bits per heavy atom. The fourth-order valence-corrected chi connectivity index (χ4v) is 3.69. The summed E-state index contributed by atoms with van der Waals surface area (Å²) in [5, 5.41) is 10.1. The molecule has 2 fully saturated rings. The summed E-state index contributed by atoms with van der Waals surface area (Å²) in [7, 11) is 0. The van der Waals surface area contributed by atoms with Crippen LogP contribution in [0.3, 0.4) is 0 Å². The Balaban J connectivity index is 1.81. The van der Waals surface area contributed by atoms with E-state index in [-0.39, 0.29) is 6.10 Å². The molecule has 0 aromatic carbocycles. The summed E-state index contributed by atoms with van der Waals surface area (Å²) in [6.07, 6.45) is 7.09. The van der Waals surface area contributed by atoms with E-state index in [9.17, 15) is 5.11 Å². The molecule has 2 aliphatic rings. The highest BCUT2D eigenvalue weighted by molar-refractivity contribution is 4.81. The summed E-state index contributed by atoms with van der Waals surface area (Å²) >= 11 is 0. The van der Waals surface area contributed by atoms with Crippen molar-refractivity contribution in [1.82, 2.24) is 0 Å². The van der Waals surface area contributed by atoms with Gasteiger partial charge in [-0.3, -0.25) is 0 Å². The molecule has 1 saturated carbocycles. The Labute approximate surface area is 106 Å². The van der Waals surface area contributed by atoms with Crippen molar-refractivity contribution in [3.05, 3.63) is 0 Å². The summed E-state index contributed by atoms with van der Waals surface area (Å²) in [6.45, 7) is 6.59. The molecule has 2 nitrogen and oxygen atoms in total. The summed E-state index contributed by atoms with van der Waals surface area (Å²) in [5.74, 6) is 2.94. The Kier molecular flexibility index (Phi) is 4.87. The molecule has 1 heterocycles. The van der Waals surface area contributed by atoms with E-state index in [1.54, 1.807) is 0 Å². The van der Waals surface area contributed by atoms with Crippen LogP contribution in [0.2, 0.25) is 0 Å². The number of ether oxygens (including phenoxy) is 1. The Hall–Kier alpha value is -0.0800. The molecule has 0 aromatic rings. The van der Waals surface area contributed by atoms with E-state index >= 15 is 0 Å². The standard InChI is InChI=1S/C15H28O2/c1-11-3-4-15(16)14(9-11)10-12(2)13-5-7-17-8-6-13/h11-16H,3-10H2,1-2H3/t11-,12?,14?,15+/m1/s1. The highest BCUT2D eigenvalue weighted by Crippen LogP contribution is 2.36. The van der Waals surface area contributed by atoms with Crippen LogP contribution >= 0.6 is 0 Å². The summed E-state index contributed by atoms with van der Waals surface area (Å²) in [5.41, 5.74) is 0. The highest BCUT2D eigenvalue weighted by Gasteiger charge is 2.30. The Morgan fingerprint density at radius 3 is 2.59 bits per heavy atom. The van der Waals surface area contributed by atoms with Gasteiger partial charge in [-0.15, -0.1) is 0 Å². The molecule has 0 bridgehead atoms. The number of hydrogen-bond donors (Lipinski definition) is 1. The smallest absolute Gasteiger partial charge is 0.0568 e. The normalized spacial score (nSPS) is 37.9. The van der Waals surface area contributed by atoms with Gasteiger partial charge < -0.3 is 9.84 Å². The largest absolute Gasteiger partial charge is 0.393 e. The monoisotopic (exact) mass is 240 g/mol. The van der Waals surface area contributed by atoms with E-state index in [2.05, 4.69) is 13.8 Å². The number of hydrogen-bond acceptors (Lipinski definition) is 2. The zero-order valence-corrected chi connectivity index (χ0v) is 11.4. The van der Waals surface area contributed by atoms with Crippen molar-refractivity contribution in [2.45, 2.75) is 58.5 Å².